The zero-order valence-corrected chi connectivity index (χ0v) is 12.6. The molecule has 0 fully saturated rings. The number of methoxy groups -OCH3 is 1. The first-order valence-corrected chi connectivity index (χ1v) is 6.72. The Hall–Kier alpha value is -2.32. The summed E-state index contributed by atoms with van der Waals surface area (Å²) in [7, 11) is 1.38. The number of rotatable bonds is 5. The molecule has 0 unspecified atom stereocenters. The maximum absolute atomic E-state index is 13.4. The van der Waals surface area contributed by atoms with Crippen molar-refractivity contribution >= 4 is 17.6 Å². The lowest BCUT2D eigenvalue weighted by Crippen LogP contribution is -2.31. The highest BCUT2D eigenvalue weighted by Gasteiger charge is 2.21. The maximum Gasteiger partial charge on any atom is 0.360 e. The highest BCUT2D eigenvalue weighted by molar-refractivity contribution is 6.32. The Labute approximate surface area is 133 Å². The van der Waals surface area contributed by atoms with E-state index in [0.717, 1.165) is 16.7 Å². The summed E-state index contributed by atoms with van der Waals surface area (Å²) in [6.45, 7) is -0.00454. The van der Waals surface area contributed by atoms with Gasteiger partial charge in [-0.1, -0.05) is 11.6 Å². The number of carboxylic acid groups (broad SMARTS) is 1. The van der Waals surface area contributed by atoms with Crippen molar-refractivity contribution in [1.82, 2.24) is 9.55 Å². The van der Waals surface area contributed by atoms with Crippen LogP contribution in [0.2, 0.25) is 5.15 Å². The number of hydrogen-bond donors (Lipinski definition) is 1. The number of carboxylic acids is 1. The quantitative estimate of drug-likeness (QED) is 0.899. The third-order valence-corrected chi connectivity index (χ3v) is 3.24. The van der Waals surface area contributed by atoms with Gasteiger partial charge in [0.25, 0.3) is 5.56 Å². The van der Waals surface area contributed by atoms with Crippen molar-refractivity contribution in [3.8, 4) is 11.3 Å². The van der Waals surface area contributed by atoms with Crippen LogP contribution >= 0.6 is 11.6 Å². The summed E-state index contributed by atoms with van der Waals surface area (Å²) in [5.41, 5.74) is -1.85. The van der Waals surface area contributed by atoms with Crippen molar-refractivity contribution in [2.24, 2.45) is 0 Å². The molecule has 6 nitrogen and oxygen atoms in total. The fraction of sp³-hybridized carbons (Fsp3) is 0.214. The van der Waals surface area contributed by atoms with Gasteiger partial charge in [-0.3, -0.25) is 4.79 Å². The lowest BCUT2D eigenvalue weighted by Gasteiger charge is -2.15. The molecule has 0 aliphatic heterocycles. The molecule has 1 aromatic heterocycles. The van der Waals surface area contributed by atoms with Crippen LogP contribution in [0.15, 0.2) is 23.0 Å². The van der Waals surface area contributed by atoms with Crippen molar-refractivity contribution in [2.45, 2.75) is 6.54 Å². The zero-order chi connectivity index (χ0) is 17.1. The Bertz CT molecular complexity index is 803. The Balaban J connectivity index is 2.77. The number of nitrogens with zero attached hydrogens (tertiary/aromatic N) is 2. The Morgan fingerprint density at radius 1 is 1.35 bits per heavy atom. The highest BCUT2D eigenvalue weighted by Crippen LogP contribution is 2.27. The topological polar surface area (TPSA) is 81.4 Å². The molecule has 9 heteroatoms. The molecule has 1 N–H and O–H groups in total. The minimum absolute atomic E-state index is 0.0369. The maximum atomic E-state index is 13.4. The molecule has 0 radical (unpaired) electrons. The molecule has 0 aliphatic carbocycles. The number of hydrogen-bond acceptors (Lipinski definition) is 4. The lowest BCUT2D eigenvalue weighted by molar-refractivity contribution is 0.0687. The third kappa shape index (κ3) is 3.54. The molecule has 0 saturated heterocycles. The molecule has 23 heavy (non-hydrogen) atoms. The van der Waals surface area contributed by atoms with E-state index < -0.39 is 28.9 Å². The average Bonchev–Trinajstić information content (AvgIpc) is 2.46. The van der Waals surface area contributed by atoms with Gasteiger partial charge in [0.15, 0.2) is 5.15 Å². The van der Waals surface area contributed by atoms with Gasteiger partial charge in [0, 0.05) is 25.3 Å². The van der Waals surface area contributed by atoms with Crippen molar-refractivity contribution < 1.29 is 23.4 Å². The molecule has 122 valence electrons. The third-order valence-electron chi connectivity index (χ3n) is 2.98. The van der Waals surface area contributed by atoms with Gasteiger partial charge in [-0.15, -0.1) is 0 Å². The molecule has 1 aromatic carbocycles. The summed E-state index contributed by atoms with van der Waals surface area (Å²) in [6, 6.07) is 2.60. The molecular formula is C14H11ClF2N2O4. The minimum Gasteiger partial charge on any atom is -0.476 e. The van der Waals surface area contributed by atoms with E-state index in [4.69, 9.17) is 21.4 Å². The van der Waals surface area contributed by atoms with Crippen LogP contribution in [0.4, 0.5) is 8.78 Å². The average molecular weight is 345 g/mol. The van der Waals surface area contributed by atoms with Crippen LogP contribution in [0.25, 0.3) is 11.3 Å². The SMILES string of the molecule is COCCn1c(-c2cc(F)cc(F)c2)c(Cl)nc(C(=O)O)c1=O. The predicted molar refractivity (Wildman–Crippen MR) is 77.7 cm³/mol. The van der Waals surface area contributed by atoms with Crippen LogP contribution in [0.3, 0.4) is 0 Å². The second kappa shape index (κ2) is 6.84. The molecule has 0 spiro atoms. The first-order chi connectivity index (χ1) is 10.8. The summed E-state index contributed by atoms with van der Waals surface area (Å²) >= 11 is 5.95. The van der Waals surface area contributed by atoms with E-state index in [1.54, 1.807) is 0 Å². The predicted octanol–water partition coefficient (Wildman–Crippen LogP) is 2.19. The number of ether oxygens (including phenoxy) is 1. The molecule has 2 aromatic rings. The summed E-state index contributed by atoms with van der Waals surface area (Å²) in [4.78, 5) is 26.8. The van der Waals surface area contributed by atoms with Gasteiger partial charge in [-0.05, 0) is 12.1 Å². The normalized spacial score (nSPS) is 10.8. The van der Waals surface area contributed by atoms with Crippen LogP contribution in [0.5, 0.6) is 0 Å². The van der Waals surface area contributed by atoms with Gasteiger partial charge in [0.05, 0.1) is 12.3 Å². The van der Waals surface area contributed by atoms with Crippen LogP contribution < -0.4 is 5.56 Å². The highest BCUT2D eigenvalue weighted by atomic mass is 35.5. The van der Waals surface area contributed by atoms with Gasteiger partial charge in [0.1, 0.15) is 11.6 Å². The monoisotopic (exact) mass is 344 g/mol. The zero-order valence-electron chi connectivity index (χ0n) is 11.8. The first-order valence-electron chi connectivity index (χ1n) is 6.34. The van der Waals surface area contributed by atoms with Crippen LogP contribution in [0, 0.1) is 11.6 Å². The molecule has 1 heterocycles. The Morgan fingerprint density at radius 3 is 2.48 bits per heavy atom. The Kier molecular flexibility index (Phi) is 5.07. The molecule has 0 atom stereocenters. The van der Waals surface area contributed by atoms with Crippen molar-refractivity contribution in [1.29, 1.82) is 0 Å². The molecule has 2 rings (SSSR count). The fourth-order valence-electron chi connectivity index (χ4n) is 2.04. The van der Waals surface area contributed by atoms with Gasteiger partial charge in [-0.25, -0.2) is 18.6 Å². The van der Waals surface area contributed by atoms with Gasteiger partial charge in [0.2, 0.25) is 5.69 Å². The smallest absolute Gasteiger partial charge is 0.360 e. The van der Waals surface area contributed by atoms with Gasteiger partial charge in [-0.2, -0.15) is 0 Å². The van der Waals surface area contributed by atoms with Gasteiger partial charge < -0.3 is 14.4 Å². The lowest BCUT2D eigenvalue weighted by atomic mass is 10.1. The summed E-state index contributed by atoms with van der Waals surface area (Å²) in [6.07, 6.45) is 0. The largest absolute Gasteiger partial charge is 0.476 e. The van der Waals surface area contributed by atoms with Crippen LogP contribution in [0.1, 0.15) is 10.5 Å². The standard InChI is InChI=1S/C14H11ClF2N2O4/c1-23-3-2-19-11(7-4-8(16)6-9(17)5-7)12(15)18-10(13(19)20)14(21)22/h4-6H,2-3H2,1H3,(H,21,22). The van der Waals surface area contributed by atoms with E-state index in [2.05, 4.69) is 4.98 Å². The number of aromatic nitrogens is 2. The molecule has 0 bridgehead atoms. The van der Waals surface area contributed by atoms with Crippen molar-refractivity contribution in [3.05, 3.63) is 51.0 Å². The number of aromatic carboxylic acids is 1. The molecular weight excluding hydrogens is 334 g/mol. The summed E-state index contributed by atoms with van der Waals surface area (Å²) in [5, 5.41) is 8.65. The Morgan fingerprint density at radius 2 is 1.96 bits per heavy atom. The fourth-order valence-corrected chi connectivity index (χ4v) is 2.34. The minimum atomic E-state index is -1.56. The number of carbonyl (C=O) groups is 1. The first kappa shape index (κ1) is 17.0. The van der Waals surface area contributed by atoms with Crippen LogP contribution in [-0.2, 0) is 11.3 Å². The van der Waals surface area contributed by atoms with E-state index in [1.165, 1.54) is 7.11 Å². The van der Waals surface area contributed by atoms with Crippen molar-refractivity contribution in [2.75, 3.05) is 13.7 Å². The summed E-state index contributed by atoms with van der Waals surface area (Å²) < 4.78 is 32.7. The van der Waals surface area contributed by atoms with E-state index >= 15 is 0 Å². The van der Waals surface area contributed by atoms with E-state index in [-0.39, 0.29) is 29.6 Å². The van der Waals surface area contributed by atoms with Gasteiger partial charge >= 0.3 is 5.97 Å². The van der Waals surface area contributed by atoms with E-state index in [1.807, 2.05) is 0 Å². The number of halogens is 3. The second-order valence-electron chi connectivity index (χ2n) is 4.51. The molecule has 0 amide bonds. The second-order valence-corrected chi connectivity index (χ2v) is 4.87. The summed E-state index contributed by atoms with van der Waals surface area (Å²) in [5.74, 6) is -3.30. The van der Waals surface area contributed by atoms with Crippen LogP contribution in [-0.4, -0.2) is 34.3 Å². The van der Waals surface area contributed by atoms with Crippen molar-refractivity contribution in [3.63, 3.8) is 0 Å². The molecule has 0 aliphatic rings. The van der Waals surface area contributed by atoms with E-state index in [0.29, 0.717) is 6.07 Å². The number of benzene rings is 1. The van der Waals surface area contributed by atoms with E-state index in [9.17, 15) is 18.4 Å². The molecule has 0 saturated carbocycles.